The molecule has 0 fully saturated rings. The Morgan fingerprint density at radius 1 is 1.12 bits per heavy atom. The summed E-state index contributed by atoms with van der Waals surface area (Å²) in [6.45, 7) is 0.527. The molecule has 1 N–H and O–H groups in total. The van der Waals surface area contributed by atoms with E-state index < -0.39 is 6.17 Å². The van der Waals surface area contributed by atoms with E-state index in [0.29, 0.717) is 35.0 Å². The van der Waals surface area contributed by atoms with E-state index in [1.165, 1.54) is 0 Å². The van der Waals surface area contributed by atoms with Crippen molar-refractivity contribution >= 4 is 34.8 Å². The minimum Gasteiger partial charge on any atom is -0.497 e. The summed E-state index contributed by atoms with van der Waals surface area (Å²) < 4.78 is 5.51. The number of hydrogen-bond acceptors (Lipinski definition) is 4. The fourth-order valence-electron chi connectivity index (χ4n) is 4.17. The van der Waals surface area contributed by atoms with Crippen LogP contribution >= 0.6 is 11.6 Å². The Kier molecular flexibility index (Phi) is 5.15. The van der Waals surface area contributed by atoms with Crippen molar-refractivity contribution in [1.29, 1.82) is 0 Å². The second-order valence-electron chi connectivity index (χ2n) is 7.65. The van der Waals surface area contributed by atoms with Gasteiger partial charge in [-0.05, 0) is 48.4 Å². The lowest BCUT2D eigenvalue weighted by Crippen LogP contribution is -2.46. The molecule has 2 heterocycles. The summed E-state index contributed by atoms with van der Waals surface area (Å²) in [5.74, 6) is 0.0582. The van der Waals surface area contributed by atoms with Gasteiger partial charge in [-0.15, -0.1) is 0 Å². The zero-order valence-electron chi connectivity index (χ0n) is 17.3. The number of hydrogen-bond donors (Lipinski definition) is 1. The fraction of sp³-hybridized carbons (Fsp3) is 0.160. The first-order valence-electron chi connectivity index (χ1n) is 10.3. The minimum absolute atomic E-state index is 0.261. The van der Waals surface area contributed by atoms with Crippen LogP contribution in [-0.2, 0) is 11.2 Å². The van der Waals surface area contributed by atoms with E-state index >= 15 is 0 Å². The molecule has 2 aliphatic heterocycles. The predicted octanol–water partition coefficient (Wildman–Crippen LogP) is 3.84. The van der Waals surface area contributed by atoms with Crippen molar-refractivity contribution in [2.75, 3.05) is 18.6 Å². The normalized spacial score (nSPS) is 16.8. The molecule has 0 aliphatic carbocycles. The third kappa shape index (κ3) is 3.52. The van der Waals surface area contributed by atoms with Gasteiger partial charge in [0.1, 0.15) is 5.75 Å². The first-order chi connectivity index (χ1) is 15.5. The molecule has 0 spiro atoms. The van der Waals surface area contributed by atoms with Crippen molar-refractivity contribution in [2.24, 2.45) is 4.99 Å². The number of halogens is 1. The second-order valence-corrected chi connectivity index (χ2v) is 8.09. The number of anilines is 1. The Morgan fingerprint density at radius 3 is 2.59 bits per heavy atom. The molecule has 0 aromatic heterocycles. The summed E-state index contributed by atoms with van der Waals surface area (Å²) in [6.07, 6.45) is -0.344. The maximum atomic E-state index is 13.5. The maximum absolute atomic E-state index is 13.5. The number of ether oxygens (including phenoxy) is 1. The number of aliphatic imine (C=N–C) groups is 1. The summed E-state index contributed by atoms with van der Waals surface area (Å²) in [6, 6.07) is 20.0. The molecule has 5 rings (SSSR count). The first kappa shape index (κ1) is 20.3. The highest BCUT2D eigenvalue weighted by Gasteiger charge is 2.37. The molecule has 0 bridgehead atoms. The lowest BCUT2D eigenvalue weighted by Gasteiger charge is -2.21. The molecule has 6 nitrogen and oxygen atoms in total. The molecule has 0 saturated carbocycles. The van der Waals surface area contributed by atoms with Gasteiger partial charge in [0.15, 0.2) is 0 Å². The minimum atomic E-state index is -1.06. The van der Waals surface area contributed by atoms with Crippen molar-refractivity contribution in [1.82, 2.24) is 5.32 Å². The van der Waals surface area contributed by atoms with Crippen molar-refractivity contribution in [3.05, 3.63) is 94.0 Å². The number of benzene rings is 3. The lowest BCUT2D eigenvalue weighted by atomic mass is 9.97. The van der Waals surface area contributed by atoms with Gasteiger partial charge in [0.2, 0.25) is 6.17 Å². The molecule has 160 valence electrons. The Labute approximate surface area is 190 Å². The van der Waals surface area contributed by atoms with Crippen LogP contribution in [0.25, 0.3) is 0 Å². The van der Waals surface area contributed by atoms with Crippen molar-refractivity contribution in [3.63, 3.8) is 0 Å². The van der Waals surface area contributed by atoms with Gasteiger partial charge >= 0.3 is 0 Å². The van der Waals surface area contributed by atoms with E-state index in [4.69, 9.17) is 21.3 Å². The van der Waals surface area contributed by atoms with E-state index in [1.54, 1.807) is 36.3 Å². The highest BCUT2D eigenvalue weighted by atomic mass is 35.5. The summed E-state index contributed by atoms with van der Waals surface area (Å²) in [5.41, 5.74) is 4.58. The molecule has 3 aromatic carbocycles. The molecule has 1 atom stereocenters. The highest BCUT2D eigenvalue weighted by Crippen LogP contribution is 2.39. The lowest BCUT2D eigenvalue weighted by molar-refractivity contribution is -0.120. The SMILES string of the molecule is COc1cc2c3c(c1)C(c1ccccc1)=N[C@@H](NC(=O)c1ccc(Cl)cc1)C(=O)N3CC2. The van der Waals surface area contributed by atoms with Gasteiger partial charge in [-0.25, -0.2) is 4.99 Å². The van der Waals surface area contributed by atoms with Gasteiger partial charge in [-0.1, -0.05) is 41.9 Å². The molecular weight excluding hydrogens is 426 g/mol. The average Bonchev–Trinajstić information content (AvgIpc) is 3.21. The largest absolute Gasteiger partial charge is 0.497 e. The summed E-state index contributed by atoms with van der Waals surface area (Å²) in [4.78, 5) is 32.9. The Morgan fingerprint density at radius 2 is 1.88 bits per heavy atom. The van der Waals surface area contributed by atoms with Gasteiger partial charge < -0.3 is 15.0 Å². The predicted molar refractivity (Wildman–Crippen MR) is 124 cm³/mol. The number of rotatable bonds is 4. The van der Waals surface area contributed by atoms with Gasteiger partial charge in [0.05, 0.1) is 18.5 Å². The quantitative estimate of drug-likeness (QED) is 0.663. The molecule has 2 aliphatic rings. The van der Waals surface area contributed by atoms with Crippen LogP contribution in [0.2, 0.25) is 5.02 Å². The average molecular weight is 446 g/mol. The number of carbonyl (C=O) groups is 2. The van der Waals surface area contributed by atoms with E-state index in [1.807, 2.05) is 42.5 Å². The van der Waals surface area contributed by atoms with E-state index in [0.717, 1.165) is 22.4 Å². The van der Waals surface area contributed by atoms with Crippen LogP contribution in [0.15, 0.2) is 71.7 Å². The summed E-state index contributed by atoms with van der Waals surface area (Å²) in [5, 5.41) is 3.34. The molecule has 0 saturated heterocycles. The van der Waals surface area contributed by atoms with Gasteiger partial charge in [-0.3, -0.25) is 9.59 Å². The Hall–Kier alpha value is -3.64. The van der Waals surface area contributed by atoms with Gasteiger partial charge in [-0.2, -0.15) is 0 Å². The van der Waals surface area contributed by atoms with Gasteiger partial charge in [0, 0.05) is 28.3 Å². The van der Waals surface area contributed by atoms with Crippen molar-refractivity contribution < 1.29 is 14.3 Å². The smallest absolute Gasteiger partial charge is 0.272 e. The van der Waals surface area contributed by atoms with Crippen LogP contribution in [0.3, 0.4) is 0 Å². The van der Waals surface area contributed by atoms with E-state index in [-0.39, 0.29) is 11.8 Å². The zero-order chi connectivity index (χ0) is 22.2. The molecular formula is C25H20ClN3O3. The standard InChI is InChI=1S/C25H20ClN3O3/c1-32-19-13-17-11-12-29-22(17)20(14-19)21(15-5-3-2-4-6-15)27-23(25(29)31)28-24(30)16-7-9-18(26)10-8-16/h2-10,13-14,23H,11-12H2,1H3,(H,28,30)/t23-/m0/s1. The van der Waals surface area contributed by atoms with Crippen molar-refractivity contribution in [2.45, 2.75) is 12.6 Å². The number of carbonyl (C=O) groups excluding carboxylic acids is 2. The number of amides is 2. The molecule has 32 heavy (non-hydrogen) atoms. The zero-order valence-corrected chi connectivity index (χ0v) is 18.1. The number of methoxy groups -OCH3 is 1. The van der Waals surface area contributed by atoms with Crippen LogP contribution in [-0.4, -0.2) is 37.3 Å². The number of nitrogens with one attached hydrogen (secondary N) is 1. The van der Waals surface area contributed by atoms with E-state index in [2.05, 4.69) is 5.32 Å². The second kappa shape index (κ2) is 8.13. The first-order valence-corrected chi connectivity index (χ1v) is 10.7. The maximum Gasteiger partial charge on any atom is 0.272 e. The monoisotopic (exact) mass is 445 g/mol. The molecule has 3 aromatic rings. The molecule has 0 radical (unpaired) electrons. The fourth-order valence-corrected chi connectivity index (χ4v) is 4.29. The van der Waals surface area contributed by atoms with Crippen LogP contribution in [0, 0.1) is 0 Å². The topological polar surface area (TPSA) is 71.0 Å². The third-order valence-electron chi connectivity index (χ3n) is 5.71. The van der Waals surface area contributed by atoms with Crippen LogP contribution in [0.1, 0.15) is 27.0 Å². The third-order valence-corrected chi connectivity index (χ3v) is 5.96. The molecule has 2 amide bonds. The molecule has 0 unspecified atom stereocenters. The summed E-state index contributed by atoms with van der Waals surface area (Å²) >= 11 is 5.94. The Bertz CT molecular complexity index is 1240. The Balaban J connectivity index is 1.62. The molecule has 7 heteroatoms. The van der Waals surface area contributed by atoms with Crippen LogP contribution in [0.5, 0.6) is 5.75 Å². The summed E-state index contributed by atoms with van der Waals surface area (Å²) in [7, 11) is 1.62. The number of nitrogens with zero attached hydrogens (tertiary/aromatic N) is 2. The highest BCUT2D eigenvalue weighted by molar-refractivity contribution is 6.30. The van der Waals surface area contributed by atoms with Crippen molar-refractivity contribution in [3.8, 4) is 5.75 Å². The van der Waals surface area contributed by atoms with Gasteiger partial charge in [0.25, 0.3) is 11.8 Å². The van der Waals surface area contributed by atoms with E-state index in [9.17, 15) is 9.59 Å². The van der Waals surface area contributed by atoms with Crippen LogP contribution < -0.4 is 15.0 Å². The van der Waals surface area contributed by atoms with Crippen LogP contribution in [0.4, 0.5) is 5.69 Å².